The molecule has 1 aliphatic rings. The van der Waals surface area contributed by atoms with E-state index < -0.39 is 0 Å². The first kappa shape index (κ1) is 8.47. The summed E-state index contributed by atoms with van der Waals surface area (Å²) in [6.07, 6.45) is 0. The maximum absolute atomic E-state index is 10.2. The molecule has 0 radical (unpaired) electrons. The molecule has 0 saturated heterocycles. The summed E-state index contributed by atoms with van der Waals surface area (Å²) in [4.78, 5) is 15.2. The normalized spacial score (nSPS) is 15.3. The molecule has 5 heteroatoms. The van der Waals surface area contributed by atoms with Crippen molar-refractivity contribution in [3.05, 3.63) is 39.3 Å². The van der Waals surface area contributed by atoms with Gasteiger partial charge in [0, 0.05) is 5.02 Å². The Morgan fingerprint density at radius 3 is 3.08 bits per heavy atom. The SMILES string of the molecule is O=NN1Cc2ccc(Cl)cc2CO1. The lowest BCUT2D eigenvalue weighted by Gasteiger charge is -2.22. The van der Waals surface area contributed by atoms with Crippen LogP contribution in [-0.2, 0) is 18.0 Å². The molecule has 1 aromatic rings. The molecule has 1 aromatic carbocycles. The summed E-state index contributed by atoms with van der Waals surface area (Å²) >= 11 is 5.79. The van der Waals surface area contributed by atoms with Crippen LogP contribution in [0.4, 0.5) is 0 Å². The standard InChI is InChI=1S/C8H7ClN2O2/c9-8-2-1-6-4-11(10-12)13-5-7(6)3-8/h1-3H,4-5H2. The molecule has 0 bridgehead atoms. The molecule has 1 heterocycles. The van der Waals surface area contributed by atoms with Crippen molar-refractivity contribution in [1.29, 1.82) is 0 Å². The van der Waals surface area contributed by atoms with Crippen LogP contribution in [0.3, 0.4) is 0 Å². The number of hydrogen-bond acceptors (Lipinski definition) is 3. The largest absolute Gasteiger partial charge is 0.249 e. The Hall–Kier alpha value is -1.13. The summed E-state index contributed by atoms with van der Waals surface area (Å²) in [5, 5.41) is 4.40. The summed E-state index contributed by atoms with van der Waals surface area (Å²) in [6, 6.07) is 5.49. The third kappa shape index (κ3) is 1.64. The van der Waals surface area contributed by atoms with E-state index in [4.69, 9.17) is 16.4 Å². The fraction of sp³-hybridized carbons (Fsp3) is 0.250. The molecular weight excluding hydrogens is 192 g/mol. The monoisotopic (exact) mass is 198 g/mol. The number of hydrogen-bond donors (Lipinski definition) is 0. The van der Waals surface area contributed by atoms with Gasteiger partial charge in [0.2, 0.25) is 0 Å². The van der Waals surface area contributed by atoms with Crippen molar-refractivity contribution >= 4 is 11.6 Å². The average molecular weight is 199 g/mol. The third-order valence-electron chi connectivity index (χ3n) is 1.93. The van der Waals surface area contributed by atoms with Crippen LogP contribution in [0, 0.1) is 4.91 Å². The molecule has 0 saturated carbocycles. The molecule has 0 aromatic heterocycles. The fourth-order valence-electron chi connectivity index (χ4n) is 1.27. The van der Waals surface area contributed by atoms with Crippen LogP contribution in [0.25, 0.3) is 0 Å². The van der Waals surface area contributed by atoms with Gasteiger partial charge in [-0.05, 0) is 23.3 Å². The molecule has 0 fully saturated rings. The zero-order valence-corrected chi connectivity index (χ0v) is 7.49. The highest BCUT2D eigenvalue weighted by molar-refractivity contribution is 6.30. The highest BCUT2D eigenvalue weighted by Gasteiger charge is 2.16. The van der Waals surface area contributed by atoms with Gasteiger partial charge in [0.1, 0.15) is 6.61 Å². The number of nitroso groups, excluding NO2 is 1. The molecule has 1 aliphatic heterocycles. The third-order valence-corrected chi connectivity index (χ3v) is 2.17. The zero-order chi connectivity index (χ0) is 9.26. The Morgan fingerprint density at radius 1 is 1.46 bits per heavy atom. The van der Waals surface area contributed by atoms with Gasteiger partial charge in [-0.15, -0.1) is 10.1 Å². The van der Waals surface area contributed by atoms with Crippen molar-refractivity contribution in [3.63, 3.8) is 0 Å². The van der Waals surface area contributed by atoms with Crippen molar-refractivity contribution in [2.24, 2.45) is 5.29 Å². The molecule has 0 atom stereocenters. The Kier molecular flexibility index (Phi) is 2.16. The van der Waals surface area contributed by atoms with Crippen LogP contribution in [0.2, 0.25) is 5.02 Å². The lowest BCUT2D eigenvalue weighted by molar-refractivity contribution is -0.188. The predicted octanol–water partition coefficient (Wildman–Crippen LogP) is 2.27. The minimum Gasteiger partial charge on any atom is -0.249 e. The minimum atomic E-state index is 0.349. The van der Waals surface area contributed by atoms with E-state index in [9.17, 15) is 4.91 Å². The van der Waals surface area contributed by atoms with Crippen LogP contribution in [-0.4, -0.2) is 5.17 Å². The van der Waals surface area contributed by atoms with Crippen molar-refractivity contribution in [2.75, 3.05) is 0 Å². The number of benzene rings is 1. The van der Waals surface area contributed by atoms with Crippen LogP contribution in [0.5, 0.6) is 0 Å². The van der Waals surface area contributed by atoms with Gasteiger partial charge >= 0.3 is 0 Å². The highest BCUT2D eigenvalue weighted by atomic mass is 35.5. The number of hydroxylamine groups is 1. The van der Waals surface area contributed by atoms with E-state index in [1.54, 1.807) is 6.07 Å². The molecule has 13 heavy (non-hydrogen) atoms. The molecule has 2 rings (SSSR count). The molecule has 0 amide bonds. The Labute approximate surface area is 80.0 Å². The molecule has 4 nitrogen and oxygen atoms in total. The van der Waals surface area contributed by atoms with Crippen molar-refractivity contribution in [1.82, 2.24) is 5.17 Å². The molecular formula is C8H7ClN2O2. The topological polar surface area (TPSA) is 41.9 Å². The van der Waals surface area contributed by atoms with Gasteiger partial charge in [-0.3, -0.25) is 0 Å². The smallest absolute Gasteiger partial charge is 0.102 e. The summed E-state index contributed by atoms with van der Waals surface area (Å²) in [7, 11) is 0. The van der Waals surface area contributed by atoms with E-state index in [1.807, 2.05) is 12.1 Å². The number of fused-ring (bicyclic) bond motifs is 1. The van der Waals surface area contributed by atoms with Gasteiger partial charge in [0.05, 0.1) is 11.8 Å². The van der Waals surface area contributed by atoms with Crippen molar-refractivity contribution in [2.45, 2.75) is 13.2 Å². The van der Waals surface area contributed by atoms with Gasteiger partial charge in [0.15, 0.2) is 0 Å². The summed E-state index contributed by atoms with van der Waals surface area (Å²) in [6.45, 7) is 0.734. The molecule has 0 N–H and O–H groups in total. The first-order chi connectivity index (χ1) is 6.29. The van der Waals surface area contributed by atoms with E-state index in [0.717, 1.165) is 16.3 Å². The summed E-state index contributed by atoms with van der Waals surface area (Å²) < 4.78 is 0. The van der Waals surface area contributed by atoms with E-state index in [2.05, 4.69) is 5.29 Å². The maximum Gasteiger partial charge on any atom is 0.102 e. The molecule has 0 spiro atoms. The molecule has 68 valence electrons. The Bertz CT molecular complexity index is 343. The zero-order valence-electron chi connectivity index (χ0n) is 6.74. The van der Waals surface area contributed by atoms with Gasteiger partial charge < -0.3 is 0 Å². The first-order valence-corrected chi connectivity index (χ1v) is 4.18. The lowest BCUT2D eigenvalue weighted by atomic mass is 10.1. The lowest BCUT2D eigenvalue weighted by Crippen LogP contribution is -2.22. The van der Waals surface area contributed by atoms with E-state index >= 15 is 0 Å². The second-order valence-electron chi connectivity index (χ2n) is 2.78. The van der Waals surface area contributed by atoms with Gasteiger partial charge in [-0.2, -0.15) is 0 Å². The predicted molar refractivity (Wildman–Crippen MR) is 47.6 cm³/mol. The summed E-state index contributed by atoms with van der Waals surface area (Å²) in [5.41, 5.74) is 2.03. The second-order valence-corrected chi connectivity index (χ2v) is 3.21. The Balaban J connectivity index is 2.31. The van der Waals surface area contributed by atoms with Crippen LogP contribution in [0.1, 0.15) is 11.1 Å². The number of rotatable bonds is 1. The fourth-order valence-corrected chi connectivity index (χ4v) is 1.47. The average Bonchev–Trinajstić information content (AvgIpc) is 2.17. The van der Waals surface area contributed by atoms with Crippen LogP contribution in [0.15, 0.2) is 23.5 Å². The van der Waals surface area contributed by atoms with Crippen molar-refractivity contribution < 1.29 is 4.84 Å². The second kappa shape index (κ2) is 3.32. The van der Waals surface area contributed by atoms with E-state index in [-0.39, 0.29) is 0 Å². The van der Waals surface area contributed by atoms with E-state index in [0.29, 0.717) is 18.2 Å². The highest BCUT2D eigenvalue weighted by Crippen LogP contribution is 2.23. The minimum absolute atomic E-state index is 0.349. The summed E-state index contributed by atoms with van der Waals surface area (Å²) in [5.74, 6) is 0. The maximum atomic E-state index is 10.2. The molecule has 0 unspecified atom stereocenters. The molecule has 0 aliphatic carbocycles. The van der Waals surface area contributed by atoms with Crippen molar-refractivity contribution in [3.8, 4) is 0 Å². The quantitative estimate of drug-likeness (QED) is 0.650. The Morgan fingerprint density at radius 2 is 2.31 bits per heavy atom. The number of halogens is 1. The van der Waals surface area contributed by atoms with Crippen LogP contribution >= 0.6 is 11.6 Å². The number of nitrogens with zero attached hydrogens (tertiary/aromatic N) is 2. The first-order valence-electron chi connectivity index (χ1n) is 3.80. The van der Waals surface area contributed by atoms with Gasteiger partial charge in [0.25, 0.3) is 0 Å². The van der Waals surface area contributed by atoms with Gasteiger partial charge in [-0.25, -0.2) is 4.84 Å². The van der Waals surface area contributed by atoms with Crippen LogP contribution < -0.4 is 0 Å². The van der Waals surface area contributed by atoms with E-state index in [1.165, 1.54) is 0 Å². The van der Waals surface area contributed by atoms with Gasteiger partial charge in [-0.1, -0.05) is 17.7 Å².